The van der Waals surface area contributed by atoms with E-state index in [4.69, 9.17) is 4.74 Å². The molecule has 0 spiro atoms. The molecule has 30 heavy (non-hydrogen) atoms. The standard InChI is InChI=1S/C20H27N3O6S/c1-12(18(25)21-10-9-13-5-7-14(29-4)8-6-13)22-19(26)17-20(2,3)30(27,28)16-11-15(24)23(16)17/h5-8,12,16-17H,9-11H2,1-4H3,(H,21,25)(H,22,26). The van der Waals surface area contributed by atoms with Crippen molar-refractivity contribution in [3.05, 3.63) is 29.8 Å². The molecule has 164 valence electrons. The summed E-state index contributed by atoms with van der Waals surface area (Å²) in [5.74, 6) is -0.649. The maximum Gasteiger partial charge on any atom is 0.245 e. The molecule has 1 aromatic carbocycles. The minimum Gasteiger partial charge on any atom is -0.497 e. The number of nitrogens with one attached hydrogen (secondary N) is 2. The van der Waals surface area contributed by atoms with E-state index >= 15 is 0 Å². The van der Waals surface area contributed by atoms with Crippen LogP contribution in [0.5, 0.6) is 5.75 Å². The van der Waals surface area contributed by atoms with Crippen LogP contribution in [0.4, 0.5) is 0 Å². The van der Waals surface area contributed by atoms with Gasteiger partial charge in [0.15, 0.2) is 9.84 Å². The highest BCUT2D eigenvalue weighted by Gasteiger charge is 2.67. The Hall–Kier alpha value is -2.62. The molecule has 2 heterocycles. The molecule has 0 aromatic heterocycles. The molecule has 0 bridgehead atoms. The van der Waals surface area contributed by atoms with Crippen molar-refractivity contribution < 1.29 is 27.5 Å². The number of rotatable bonds is 7. The maximum absolute atomic E-state index is 12.8. The van der Waals surface area contributed by atoms with Crippen LogP contribution < -0.4 is 15.4 Å². The van der Waals surface area contributed by atoms with Gasteiger partial charge in [0.2, 0.25) is 17.7 Å². The van der Waals surface area contributed by atoms with Crippen molar-refractivity contribution in [2.45, 2.75) is 55.8 Å². The number of fused-ring (bicyclic) bond motifs is 1. The first-order valence-corrected chi connectivity index (χ1v) is 11.3. The van der Waals surface area contributed by atoms with E-state index < -0.39 is 37.9 Å². The Labute approximate surface area is 176 Å². The summed E-state index contributed by atoms with van der Waals surface area (Å²) in [7, 11) is -2.08. The van der Waals surface area contributed by atoms with Crippen LogP contribution >= 0.6 is 0 Å². The lowest BCUT2D eigenvalue weighted by atomic mass is 9.97. The molecule has 2 N–H and O–H groups in total. The zero-order valence-corrected chi connectivity index (χ0v) is 18.3. The average molecular weight is 438 g/mol. The maximum atomic E-state index is 12.8. The van der Waals surface area contributed by atoms with Gasteiger partial charge in [-0.3, -0.25) is 14.4 Å². The fourth-order valence-electron chi connectivity index (χ4n) is 3.89. The van der Waals surface area contributed by atoms with Crippen molar-refractivity contribution in [1.29, 1.82) is 0 Å². The molecule has 2 fully saturated rings. The summed E-state index contributed by atoms with van der Waals surface area (Å²) in [4.78, 5) is 38.2. The Balaban J connectivity index is 1.55. The number of carbonyl (C=O) groups is 3. The average Bonchev–Trinajstić information content (AvgIpc) is 2.82. The SMILES string of the molecule is COc1ccc(CCNC(=O)C(C)NC(=O)C2N3C(=O)CC3S(=O)(=O)C2(C)C)cc1. The van der Waals surface area contributed by atoms with Crippen LogP contribution in [0.3, 0.4) is 0 Å². The minimum atomic E-state index is -3.66. The molecule has 3 unspecified atom stereocenters. The van der Waals surface area contributed by atoms with Gasteiger partial charge in [0.1, 0.15) is 23.2 Å². The number of methoxy groups -OCH3 is 1. The van der Waals surface area contributed by atoms with Crippen molar-refractivity contribution in [3.8, 4) is 5.75 Å². The highest BCUT2D eigenvalue weighted by Crippen LogP contribution is 2.45. The van der Waals surface area contributed by atoms with Crippen molar-refractivity contribution in [1.82, 2.24) is 15.5 Å². The first-order valence-electron chi connectivity index (χ1n) is 9.76. The summed E-state index contributed by atoms with van der Waals surface area (Å²) in [5, 5.41) is 4.36. The Morgan fingerprint density at radius 1 is 1.27 bits per heavy atom. The summed E-state index contributed by atoms with van der Waals surface area (Å²) in [5.41, 5.74) is 1.02. The molecule has 0 saturated carbocycles. The van der Waals surface area contributed by atoms with Gasteiger partial charge in [-0.05, 0) is 44.9 Å². The molecular weight excluding hydrogens is 410 g/mol. The van der Waals surface area contributed by atoms with Crippen molar-refractivity contribution in [2.75, 3.05) is 13.7 Å². The van der Waals surface area contributed by atoms with Crippen LogP contribution in [0.1, 0.15) is 32.8 Å². The van der Waals surface area contributed by atoms with Crippen molar-refractivity contribution in [3.63, 3.8) is 0 Å². The molecular formula is C20H27N3O6S. The molecule has 10 heteroatoms. The topological polar surface area (TPSA) is 122 Å². The molecule has 9 nitrogen and oxygen atoms in total. The Bertz CT molecular complexity index is 957. The first-order chi connectivity index (χ1) is 14.0. The Kier molecular flexibility index (Phi) is 5.81. The van der Waals surface area contributed by atoms with Gasteiger partial charge in [-0.25, -0.2) is 8.42 Å². The number of hydrogen-bond donors (Lipinski definition) is 2. The fraction of sp³-hybridized carbons (Fsp3) is 0.550. The number of β-lactam (4-membered cyclic amide) rings is 1. The highest BCUT2D eigenvalue weighted by atomic mass is 32.2. The molecule has 3 atom stereocenters. The smallest absolute Gasteiger partial charge is 0.245 e. The Morgan fingerprint density at radius 2 is 1.90 bits per heavy atom. The number of hydrogen-bond acceptors (Lipinski definition) is 6. The van der Waals surface area contributed by atoms with E-state index in [1.807, 2.05) is 24.3 Å². The zero-order chi connectivity index (χ0) is 22.3. The zero-order valence-electron chi connectivity index (χ0n) is 17.5. The van der Waals surface area contributed by atoms with Gasteiger partial charge in [0, 0.05) is 6.54 Å². The number of sulfone groups is 1. The third-order valence-electron chi connectivity index (χ3n) is 5.85. The van der Waals surface area contributed by atoms with Gasteiger partial charge in [-0.15, -0.1) is 0 Å². The van der Waals surface area contributed by atoms with Crippen molar-refractivity contribution in [2.24, 2.45) is 0 Å². The third kappa shape index (κ3) is 3.64. The summed E-state index contributed by atoms with van der Waals surface area (Å²) in [6.45, 7) is 4.78. The number of benzene rings is 1. The summed E-state index contributed by atoms with van der Waals surface area (Å²) in [6.07, 6.45) is 0.505. The lowest BCUT2D eigenvalue weighted by Gasteiger charge is -2.37. The quantitative estimate of drug-likeness (QED) is 0.579. The lowest BCUT2D eigenvalue weighted by Crippen LogP contribution is -2.61. The normalized spacial score (nSPS) is 24.4. The van der Waals surface area contributed by atoms with E-state index in [0.29, 0.717) is 13.0 Å². The predicted molar refractivity (Wildman–Crippen MR) is 109 cm³/mol. The molecule has 2 aliphatic heterocycles. The van der Waals surface area contributed by atoms with Crippen LogP contribution in [0.2, 0.25) is 0 Å². The second kappa shape index (κ2) is 7.90. The van der Waals surface area contributed by atoms with Gasteiger partial charge in [-0.2, -0.15) is 0 Å². The van der Waals surface area contributed by atoms with Crippen LogP contribution in [-0.4, -0.2) is 66.9 Å². The Morgan fingerprint density at radius 3 is 2.47 bits per heavy atom. The third-order valence-corrected chi connectivity index (χ3v) is 8.65. The number of ether oxygens (including phenoxy) is 1. The summed E-state index contributed by atoms with van der Waals surface area (Å²) < 4.78 is 28.9. The molecule has 2 aliphatic rings. The summed E-state index contributed by atoms with van der Waals surface area (Å²) in [6, 6.07) is 5.45. The fourth-order valence-corrected chi connectivity index (χ4v) is 6.02. The molecule has 3 rings (SSSR count). The van der Waals surface area contributed by atoms with E-state index in [9.17, 15) is 22.8 Å². The van der Waals surface area contributed by atoms with E-state index in [1.54, 1.807) is 7.11 Å². The number of nitrogens with zero attached hydrogens (tertiary/aromatic N) is 1. The van der Waals surface area contributed by atoms with Crippen LogP contribution in [0.15, 0.2) is 24.3 Å². The van der Waals surface area contributed by atoms with E-state index in [2.05, 4.69) is 10.6 Å². The monoisotopic (exact) mass is 437 g/mol. The molecule has 0 aliphatic carbocycles. The lowest BCUT2D eigenvalue weighted by molar-refractivity contribution is -0.150. The molecule has 3 amide bonds. The second-order valence-electron chi connectivity index (χ2n) is 8.13. The van der Waals surface area contributed by atoms with Crippen LogP contribution in [-0.2, 0) is 30.6 Å². The minimum absolute atomic E-state index is 0.100. The number of carbonyl (C=O) groups excluding carboxylic acids is 3. The van der Waals surface area contributed by atoms with Gasteiger partial charge in [0.05, 0.1) is 18.3 Å². The largest absolute Gasteiger partial charge is 0.497 e. The van der Waals surface area contributed by atoms with Crippen LogP contribution in [0.25, 0.3) is 0 Å². The van der Waals surface area contributed by atoms with E-state index in [-0.39, 0.29) is 18.2 Å². The van der Waals surface area contributed by atoms with Crippen molar-refractivity contribution >= 4 is 27.6 Å². The first kappa shape index (κ1) is 22.1. The van der Waals surface area contributed by atoms with Gasteiger partial charge in [-0.1, -0.05) is 12.1 Å². The molecule has 0 radical (unpaired) electrons. The van der Waals surface area contributed by atoms with Gasteiger partial charge < -0.3 is 20.3 Å². The van der Waals surface area contributed by atoms with Gasteiger partial charge in [0.25, 0.3) is 0 Å². The van der Waals surface area contributed by atoms with E-state index in [0.717, 1.165) is 16.2 Å². The van der Waals surface area contributed by atoms with Crippen LogP contribution in [0, 0.1) is 0 Å². The predicted octanol–water partition coefficient (Wildman–Crippen LogP) is -0.00740. The highest BCUT2D eigenvalue weighted by molar-refractivity contribution is 7.93. The van der Waals surface area contributed by atoms with Gasteiger partial charge >= 0.3 is 0 Å². The van der Waals surface area contributed by atoms with E-state index in [1.165, 1.54) is 20.8 Å². The molecule has 2 saturated heterocycles. The second-order valence-corrected chi connectivity index (χ2v) is 10.8. The molecule has 1 aromatic rings. The number of amides is 3. The summed E-state index contributed by atoms with van der Waals surface area (Å²) >= 11 is 0.